The van der Waals surface area contributed by atoms with Gasteiger partial charge in [0.15, 0.2) is 6.10 Å². The first-order valence-corrected chi connectivity index (χ1v) is 4.66. The van der Waals surface area contributed by atoms with Crippen molar-refractivity contribution in [1.29, 1.82) is 0 Å². The summed E-state index contributed by atoms with van der Waals surface area (Å²) in [5.74, 6) is -0.998. The third kappa shape index (κ3) is 4.33. The molecule has 0 aliphatic heterocycles. The molecule has 0 aromatic rings. The van der Waals surface area contributed by atoms with Crippen LogP contribution in [-0.4, -0.2) is 30.0 Å². The van der Waals surface area contributed by atoms with Crippen molar-refractivity contribution in [3.05, 3.63) is 0 Å². The van der Waals surface area contributed by atoms with Crippen molar-refractivity contribution >= 4 is 27.9 Å². The van der Waals surface area contributed by atoms with Gasteiger partial charge in [0.25, 0.3) is 0 Å². The van der Waals surface area contributed by atoms with Gasteiger partial charge in [-0.25, -0.2) is 4.79 Å². The maximum Gasteiger partial charge on any atom is 0.347 e. The highest BCUT2D eigenvalue weighted by Crippen LogP contribution is 1.96. The number of halogens is 1. The molecule has 1 atom stereocenters. The van der Waals surface area contributed by atoms with E-state index in [1.165, 1.54) is 6.92 Å². The van der Waals surface area contributed by atoms with E-state index in [9.17, 15) is 9.59 Å². The molecule has 0 spiro atoms. The third-order valence-corrected chi connectivity index (χ3v) is 1.49. The highest BCUT2D eigenvalue weighted by molar-refractivity contribution is 9.09. The molecule has 0 heterocycles. The van der Waals surface area contributed by atoms with Crippen LogP contribution >= 0.6 is 15.9 Å². The van der Waals surface area contributed by atoms with Crippen molar-refractivity contribution in [2.75, 3.05) is 11.9 Å². The molecule has 1 unspecified atom stereocenters. The fraction of sp³-hybridized carbons (Fsp3) is 0.714. The average Bonchev–Trinajstić information content (AvgIpc) is 2.04. The number of alkyl halides is 1. The number of esters is 2. The smallest absolute Gasteiger partial charge is 0.347 e. The van der Waals surface area contributed by atoms with Crippen LogP contribution in [0.3, 0.4) is 0 Å². The molecule has 0 saturated heterocycles. The van der Waals surface area contributed by atoms with Gasteiger partial charge in [-0.3, -0.25) is 4.79 Å². The van der Waals surface area contributed by atoms with Crippen LogP contribution in [0, 0.1) is 0 Å². The maximum atomic E-state index is 10.9. The number of carbonyl (C=O) groups is 2. The van der Waals surface area contributed by atoms with Gasteiger partial charge in [0, 0.05) is 0 Å². The molecule has 0 aromatic carbocycles. The number of rotatable bonds is 4. The molecule has 0 aromatic heterocycles. The van der Waals surface area contributed by atoms with Crippen molar-refractivity contribution in [3.8, 4) is 0 Å². The first-order valence-electron chi connectivity index (χ1n) is 3.53. The van der Waals surface area contributed by atoms with Crippen molar-refractivity contribution in [1.82, 2.24) is 0 Å². The predicted octanol–water partition coefficient (Wildman–Crippen LogP) is 0.876. The van der Waals surface area contributed by atoms with E-state index in [1.807, 2.05) is 0 Å². The van der Waals surface area contributed by atoms with Crippen LogP contribution in [0.25, 0.3) is 0 Å². The molecule has 0 amide bonds. The molecule has 0 rings (SSSR count). The Hall–Kier alpha value is -0.580. The Morgan fingerprint density at radius 1 is 1.50 bits per heavy atom. The van der Waals surface area contributed by atoms with Gasteiger partial charge in [0.05, 0.1) is 6.61 Å². The van der Waals surface area contributed by atoms with Gasteiger partial charge in [-0.15, -0.1) is 0 Å². The summed E-state index contributed by atoms with van der Waals surface area (Å²) in [4.78, 5) is 21.5. The standard InChI is InChI=1S/C7H11BrO4/c1-3-11-7(10)5(2)12-6(9)4-8/h5H,3-4H2,1-2H3. The van der Waals surface area contributed by atoms with Crippen molar-refractivity contribution in [3.63, 3.8) is 0 Å². The molecule has 0 fully saturated rings. The highest BCUT2D eigenvalue weighted by atomic mass is 79.9. The second-order valence-corrected chi connectivity index (χ2v) is 2.58. The highest BCUT2D eigenvalue weighted by Gasteiger charge is 2.17. The second-order valence-electron chi connectivity index (χ2n) is 2.02. The lowest BCUT2D eigenvalue weighted by Gasteiger charge is -2.10. The first kappa shape index (κ1) is 11.4. The summed E-state index contributed by atoms with van der Waals surface area (Å²) in [6.45, 7) is 3.45. The summed E-state index contributed by atoms with van der Waals surface area (Å²) in [6.07, 6.45) is -0.824. The Morgan fingerprint density at radius 3 is 2.50 bits per heavy atom. The summed E-state index contributed by atoms with van der Waals surface area (Å²) in [5.41, 5.74) is 0. The van der Waals surface area contributed by atoms with Gasteiger partial charge < -0.3 is 9.47 Å². The van der Waals surface area contributed by atoms with E-state index in [-0.39, 0.29) is 11.9 Å². The first-order chi connectivity index (χ1) is 5.61. The van der Waals surface area contributed by atoms with Gasteiger partial charge in [0.2, 0.25) is 0 Å². The van der Waals surface area contributed by atoms with Gasteiger partial charge >= 0.3 is 11.9 Å². The molecule has 0 aliphatic rings. The van der Waals surface area contributed by atoms with Crippen molar-refractivity contribution < 1.29 is 19.1 Å². The van der Waals surface area contributed by atoms with E-state index in [2.05, 4.69) is 25.4 Å². The Morgan fingerprint density at radius 2 is 2.08 bits per heavy atom. The van der Waals surface area contributed by atoms with Crippen molar-refractivity contribution in [2.24, 2.45) is 0 Å². The molecule has 0 radical (unpaired) electrons. The lowest BCUT2D eigenvalue weighted by atomic mass is 10.4. The number of ether oxygens (including phenoxy) is 2. The van der Waals surface area contributed by atoms with E-state index in [1.54, 1.807) is 6.92 Å². The normalized spacial score (nSPS) is 11.9. The van der Waals surface area contributed by atoms with Crippen molar-refractivity contribution in [2.45, 2.75) is 20.0 Å². The van der Waals surface area contributed by atoms with Crippen LogP contribution in [0.4, 0.5) is 0 Å². The Kier molecular flexibility index (Phi) is 5.70. The van der Waals surface area contributed by atoms with Gasteiger partial charge in [-0.2, -0.15) is 0 Å². The largest absolute Gasteiger partial charge is 0.463 e. The zero-order valence-electron chi connectivity index (χ0n) is 7.00. The predicted molar refractivity (Wildman–Crippen MR) is 46.0 cm³/mol. The zero-order chi connectivity index (χ0) is 9.56. The molecule has 0 N–H and O–H groups in total. The van der Waals surface area contributed by atoms with Crippen LogP contribution in [0.2, 0.25) is 0 Å². The summed E-state index contributed by atoms with van der Waals surface area (Å²) >= 11 is 2.90. The number of hydrogen-bond donors (Lipinski definition) is 0. The molecule has 0 saturated carbocycles. The molecule has 4 nitrogen and oxygen atoms in total. The minimum atomic E-state index is -0.824. The Labute approximate surface area is 79.3 Å². The Balaban J connectivity index is 3.78. The number of carbonyl (C=O) groups excluding carboxylic acids is 2. The number of hydrogen-bond acceptors (Lipinski definition) is 4. The minimum Gasteiger partial charge on any atom is -0.463 e. The summed E-state index contributed by atoms with van der Waals surface area (Å²) < 4.78 is 9.27. The SMILES string of the molecule is CCOC(=O)C(C)OC(=O)CBr. The minimum absolute atomic E-state index is 0.0801. The van der Waals surface area contributed by atoms with Gasteiger partial charge in [0.1, 0.15) is 5.33 Å². The molecule has 12 heavy (non-hydrogen) atoms. The molecular weight excluding hydrogens is 228 g/mol. The maximum absolute atomic E-state index is 10.9. The molecule has 70 valence electrons. The van der Waals surface area contributed by atoms with Crippen LogP contribution in [0.1, 0.15) is 13.8 Å². The van der Waals surface area contributed by atoms with Gasteiger partial charge in [-0.05, 0) is 13.8 Å². The molecule has 0 bridgehead atoms. The summed E-state index contributed by atoms with van der Waals surface area (Å²) in [5, 5.41) is 0.0801. The summed E-state index contributed by atoms with van der Waals surface area (Å²) in [6, 6.07) is 0. The third-order valence-electron chi connectivity index (χ3n) is 1.04. The van der Waals surface area contributed by atoms with Crippen LogP contribution < -0.4 is 0 Å². The fourth-order valence-electron chi connectivity index (χ4n) is 0.536. The molecular formula is C7H11BrO4. The van der Waals surface area contributed by atoms with E-state index in [0.29, 0.717) is 0 Å². The van der Waals surface area contributed by atoms with Gasteiger partial charge in [-0.1, -0.05) is 15.9 Å². The monoisotopic (exact) mass is 238 g/mol. The van der Waals surface area contributed by atoms with Crippen LogP contribution in [0.5, 0.6) is 0 Å². The second kappa shape index (κ2) is 5.99. The van der Waals surface area contributed by atoms with E-state index in [4.69, 9.17) is 0 Å². The van der Waals surface area contributed by atoms with Crippen LogP contribution in [-0.2, 0) is 19.1 Å². The van der Waals surface area contributed by atoms with E-state index in [0.717, 1.165) is 0 Å². The Bertz CT molecular complexity index is 169. The quantitative estimate of drug-likeness (QED) is 0.539. The lowest BCUT2D eigenvalue weighted by Crippen LogP contribution is -2.26. The summed E-state index contributed by atoms with van der Waals surface area (Å²) in [7, 11) is 0. The van der Waals surface area contributed by atoms with E-state index < -0.39 is 18.0 Å². The molecule has 0 aliphatic carbocycles. The fourth-order valence-corrected chi connectivity index (χ4v) is 0.669. The molecule has 5 heteroatoms. The lowest BCUT2D eigenvalue weighted by molar-refractivity contribution is -0.164. The van der Waals surface area contributed by atoms with Crippen LogP contribution in [0.15, 0.2) is 0 Å². The van der Waals surface area contributed by atoms with E-state index >= 15 is 0 Å². The average molecular weight is 239 g/mol. The zero-order valence-corrected chi connectivity index (χ0v) is 8.59. The topological polar surface area (TPSA) is 52.6 Å².